The summed E-state index contributed by atoms with van der Waals surface area (Å²) in [4.78, 5) is 0. The summed E-state index contributed by atoms with van der Waals surface area (Å²) >= 11 is 0. The van der Waals surface area contributed by atoms with Gasteiger partial charge in [0, 0.05) is 12.7 Å². The number of nitrogens with zero attached hydrogens (tertiary/aromatic N) is 3. The van der Waals surface area contributed by atoms with E-state index in [9.17, 15) is 5.21 Å². The second kappa shape index (κ2) is 4.84. The van der Waals surface area contributed by atoms with Crippen LogP contribution in [0.1, 0.15) is 18.5 Å². The third-order valence-corrected chi connectivity index (χ3v) is 3.16. The highest BCUT2D eigenvalue weighted by Crippen LogP contribution is 2.19. The molecule has 0 unspecified atom stereocenters. The molecule has 0 amide bonds. The molecular weight excluding hydrogens is 204 g/mol. The van der Waals surface area contributed by atoms with Crippen LogP contribution in [0.2, 0.25) is 0 Å². The molecule has 0 radical (unpaired) electrons. The molecule has 0 saturated carbocycles. The summed E-state index contributed by atoms with van der Waals surface area (Å²) in [6.07, 6.45) is 4.24. The van der Waals surface area contributed by atoms with E-state index in [4.69, 9.17) is 0 Å². The Labute approximate surface area is 96.0 Å². The lowest BCUT2D eigenvalue weighted by Gasteiger charge is -2.23. The largest absolute Gasteiger partial charge is 0.758 e. The normalized spacial score (nSPS) is 17.7. The highest BCUT2D eigenvalue weighted by molar-refractivity contribution is 5.48. The number of hydrogen-bond donors (Lipinski definition) is 1. The molecule has 1 saturated heterocycles. The minimum absolute atomic E-state index is 0.675. The minimum atomic E-state index is 0.675. The second-order valence-corrected chi connectivity index (χ2v) is 4.51. The summed E-state index contributed by atoms with van der Waals surface area (Å²) in [7, 11) is 1.51. The Kier molecular flexibility index (Phi) is 3.46. The Hall–Kier alpha value is -1.07. The Morgan fingerprint density at radius 1 is 1.56 bits per heavy atom. The molecule has 2 heterocycles. The molecule has 0 aromatic carbocycles. The first-order valence-corrected chi connectivity index (χ1v) is 5.82. The molecule has 0 spiro atoms. The average molecular weight is 223 g/mol. The smallest absolute Gasteiger partial charge is 0.0819 e. The van der Waals surface area contributed by atoms with Crippen LogP contribution in [0.25, 0.3) is 0 Å². The van der Waals surface area contributed by atoms with Gasteiger partial charge in [-0.25, -0.2) is 0 Å². The summed E-state index contributed by atoms with van der Waals surface area (Å²) in [5, 5.41) is 19.8. The first-order valence-electron chi connectivity index (χ1n) is 5.82. The van der Waals surface area contributed by atoms with E-state index in [0.29, 0.717) is 11.6 Å². The summed E-state index contributed by atoms with van der Waals surface area (Å²) < 4.78 is 1.91. The summed E-state index contributed by atoms with van der Waals surface area (Å²) in [6.45, 7) is 5.00. The highest BCUT2D eigenvalue weighted by atomic mass is 16.5. The van der Waals surface area contributed by atoms with Crippen LogP contribution in [-0.4, -0.2) is 29.9 Å². The van der Waals surface area contributed by atoms with Crippen LogP contribution in [0.15, 0.2) is 6.20 Å². The monoisotopic (exact) mass is 223 g/mol. The van der Waals surface area contributed by atoms with Crippen LogP contribution in [0.5, 0.6) is 0 Å². The molecule has 1 fully saturated rings. The summed E-state index contributed by atoms with van der Waals surface area (Å²) in [5.41, 5.74) is 1.49. The van der Waals surface area contributed by atoms with Crippen molar-refractivity contribution >= 4 is 5.69 Å². The molecule has 2 rings (SSSR count). The van der Waals surface area contributed by atoms with E-state index in [1.807, 2.05) is 17.8 Å². The van der Waals surface area contributed by atoms with Gasteiger partial charge in [0.25, 0.3) is 0 Å². The Bertz CT molecular complexity index is 342. The maximum atomic E-state index is 11.2. The lowest BCUT2D eigenvalue weighted by atomic mass is 9.98. The molecule has 90 valence electrons. The molecule has 16 heavy (non-hydrogen) atoms. The topological polar surface area (TPSA) is 56.2 Å². The van der Waals surface area contributed by atoms with E-state index in [1.165, 1.54) is 19.9 Å². The van der Waals surface area contributed by atoms with Crippen molar-refractivity contribution < 1.29 is 0 Å². The number of hydrogen-bond acceptors (Lipinski definition) is 4. The van der Waals surface area contributed by atoms with E-state index >= 15 is 0 Å². The van der Waals surface area contributed by atoms with Crippen LogP contribution in [0.3, 0.4) is 0 Å². The first kappa shape index (κ1) is 11.4. The van der Waals surface area contributed by atoms with Gasteiger partial charge in [-0.05, 0) is 45.8 Å². The van der Waals surface area contributed by atoms with E-state index in [0.717, 1.165) is 30.4 Å². The number of aromatic nitrogens is 2. The SMILES string of the molecule is Cc1nn(CC2CCNCC2)cc1N(C)[O-]. The third kappa shape index (κ3) is 2.54. The van der Waals surface area contributed by atoms with Gasteiger partial charge in [-0.15, -0.1) is 0 Å². The predicted octanol–water partition coefficient (Wildman–Crippen LogP) is 1.13. The zero-order chi connectivity index (χ0) is 11.5. The lowest BCUT2D eigenvalue weighted by Crippen LogP contribution is -2.30. The summed E-state index contributed by atoms with van der Waals surface area (Å²) in [6, 6.07) is 0. The maximum Gasteiger partial charge on any atom is 0.0819 e. The predicted molar refractivity (Wildman–Crippen MR) is 64.3 cm³/mol. The van der Waals surface area contributed by atoms with Gasteiger partial charge in [0.05, 0.1) is 11.4 Å². The maximum absolute atomic E-state index is 11.2. The van der Waals surface area contributed by atoms with Crippen molar-refractivity contribution in [1.82, 2.24) is 15.1 Å². The number of aryl methyl sites for hydroxylation is 1. The fraction of sp³-hybridized carbons (Fsp3) is 0.727. The van der Waals surface area contributed by atoms with E-state index in [1.54, 1.807) is 0 Å². The van der Waals surface area contributed by atoms with E-state index in [-0.39, 0.29) is 0 Å². The molecule has 5 nitrogen and oxygen atoms in total. The number of rotatable bonds is 3. The standard InChI is InChI=1S/C11H19N4O/c1-9-11(14(2)16)8-15(13-9)7-10-3-5-12-6-4-10/h8,10,12H,3-7H2,1-2H3/q-1. The van der Waals surface area contributed by atoms with Gasteiger partial charge in [-0.2, -0.15) is 5.10 Å². The van der Waals surface area contributed by atoms with Gasteiger partial charge in [-0.3, -0.25) is 4.68 Å². The van der Waals surface area contributed by atoms with Crippen molar-refractivity contribution in [3.05, 3.63) is 17.1 Å². The van der Waals surface area contributed by atoms with Crippen molar-refractivity contribution in [2.24, 2.45) is 5.92 Å². The number of piperidine rings is 1. The quantitative estimate of drug-likeness (QED) is 0.780. The van der Waals surface area contributed by atoms with Crippen molar-refractivity contribution in [3.63, 3.8) is 0 Å². The minimum Gasteiger partial charge on any atom is -0.758 e. The molecule has 0 bridgehead atoms. The van der Waals surface area contributed by atoms with Crippen LogP contribution in [-0.2, 0) is 6.54 Å². The van der Waals surface area contributed by atoms with Crippen LogP contribution in [0, 0.1) is 18.0 Å². The molecule has 0 aliphatic carbocycles. The number of anilines is 1. The fourth-order valence-electron chi connectivity index (χ4n) is 2.24. The van der Waals surface area contributed by atoms with Gasteiger partial charge in [0.15, 0.2) is 0 Å². The lowest BCUT2D eigenvalue weighted by molar-refractivity contribution is 0.321. The first-order chi connectivity index (χ1) is 7.66. The fourth-order valence-corrected chi connectivity index (χ4v) is 2.24. The van der Waals surface area contributed by atoms with Crippen molar-refractivity contribution in [3.8, 4) is 0 Å². The number of nitrogens with one attached hydrogen (secondary N) is 1. The third-order valence-electron chi connectivity index (χ3n) is 3.16. The van der Waals surface area contributed by atoms with Crippen molar-refractivity contribution in [2.75, 3.05) is 25.2 Å². The van der Waals surface area contributed by atoms with Gasteiger partial charge < -0.3 is 15.6 Å². The Morgan fingerprint density at radius 3 is 2.81 bits per heavy atom. The van der Waals surface area contributed by atoms with Gasteiger partial charge >= 0.3 is 0 Å². The molecule has 1 aliphatic heterocycles. The zero-order valence-corrected chi connectivity index (χ0v) is 9.94. The van der Waals surface area contributed by atoms with Crippen LogP contribution >= 0.6 is 0 Å². The van der Waals surface area contributed by atoms with Crippen molar-refractivity contribution in [1.29, 1.82) is 0 Å². The molecule has 5 heteroatoms. The summed E-state index contributed by atoms with van der Waals surface area (Å²) in [5.74, 6) is 0.686. The van der Waals surface area contributed by atoms with Gasteiger partial charge in [0.1, 0.15) is 0 Å². The highest BCUT2D eigenvalue weighted by Gasteiger charge is 2.14. The zero-order valence-electron chi connectivity index (χ0n) is 9.94. The Morgan fingerprint density at radius 2 is 2.25 bits per heavy atom. The van der Waals surface area contributed by atoms with Crippen molar-refractivity contribution in [2.45, 2.75) is 26.3 Å². The molecular formula is C11H19N4O-. The van der Waals surface area contributed by atoms with Gasteiger partial charge in [0.2, 0.25) is 0 Å². The molecule has 1 N–H and O–H groups in total. The Balaban J connectivity index is 2.01. The second-order valence-electron chi connectivity index (χ2n) is 4.51. The van der Waals surface area contributed by atoms with Crippen LogP contribution < -0.4 is 10.4 Å². The molecule has 0 atom stereocenters. The van der Waals surface area contributed by atoms with Crippen LogP contribution in [0.4, 0.5) is 5.69 Å². The van der Waals surface area contributed by atoms with Gasteiger partial charge in [-0.1, -0.05) is 0 Å². The van der Waals surface area contributed by atoms with E-state index in [2.05, 4.69) is 10.4 Å². The van der Waals surface area contributed by atoms with E-state index < -0.39 is 0 Å². The molecule has 1 aromatic heterocycles. The average Bonchev–Trinajstić information content (AvgIpc) is 2.61. The molecule has 1 aromatic rings. The number of hydroxylamine groups is 1. The molecule has 1 aliphatic rings.